The van der Waals surface area contributed by atoms with Crippen molar-refractivity contribution >= 4 is 28.4 Å². The zero-order chi connectivity index (χ0) is 17.6. The van der Waals surface area contributed by atoms with Crippen LogP contribution in [0.4, 0.5) is 0 Å². The highest BCUT2D eigenvalue weighted by Gasteiger charge is 2.31. The number of aromatic nitrogens is 3. The monoisotopic (exact) mass is 340 g/mol. The SMILES string of the molecule is O=C(N[C@@H]1CC[C@H](C(=O)O)C1)c1cnn2c1[nH]c(=O)c1ccccc12. The summed E-state index contributed by atoms with van der Waals surface area (Å²) in [6.07, 6.45) is 3.01. The van der Waals surface area contributed by atoms with Crippen LogP contribution in [-0.2, 0) is 4.79 Å². The molecule has 0 radical (unpaired) electrons. The van der Waals surface area contributed by atoms with E-state index >= 15 is 0 Å². The van der Waals surface area contributed by atoms with Crippen molar-refractivity contribution in [3.05, 3.63) is 46.4 Å². The second kappa shape index (κ2) is 5.73. The Morgan fingerprint density at radius 2 is 2.08 bits per heavy atom. The number of aliphatic carboxylic acids is 1. The number of aromatic amines is 1. The predicted molar refractivity (Wildman–Crippen MR) is 89.5 cm³/mol. The molecule has 4 rings (SSSR count). The van der Waals surface area contributed by atoms with Gasteiger partial charge in [-0.25, -0.2) is 4.52 Å². The van der Waals surface area contributed by atoms with Gasteiger partial charge in [-0.2, -0.15) is 5.10 Å². The fraction of sp³-hybridized carbons (Fsp3) is 0.294. The quantitative estimate of drug-likeness (QED) is 0.661. The first kappa shape index (κ1) is 15.4. The van der Waals surface area contributed by atoms with Gasteiger partial charge in [-0.1, -0.05) is 12.1 Å². The average molecular weight is 340 g/mol. The fourth-order valence-electron chi connectivity index (χ4n) is 3.44. The van der Waals surface area contributed by atoms with Crippen LogP contribution in [0.5, 0.6) is 0 Å². The first-order valence-electron chi connectivity index (χ1n) is 8.07. The van der Waals surface area contributed by atoms with Gasteiger partial charge in [-0.05, 0) is 31.4 Å². The van der Waals surface area contributed by atoms with Crippen LogP contribution >= 0.6 is 0 Å². The minimum Gasteiger partial charge on any atom is -0.481 e. The number of para-hydroxylation sites is 1. The van der Waals surface area contributed by atoms with Crippen molar-refractivity contribution in [2.45, 2.75) is 25.3 Å². The summed E-state index contributed by atoms with van der Waals surface area (Å²) in [7, 11) is 0. The van der Waals surface area contributed by atoms with Crippen LogP contribution in [0.3, 0.4) is 0 Å². The van der Waals surface area contributed by atoms with Gasteiger partial charge < -0.3 is 15.4 Å². The van der Waals surface area contributed by atoms with Crippen LogP contribution in [-0.4, -0.2) is 37.6 Å². The third-order valence-electron chi connectivity index (χ3n) is 4.74. The van der Waals surface area contributed by atoms with E-state index in [4.69, 9.17) is 5.11 Å². The van der Waals surface area contributed by atoms with Crippen molar-refractivity contribution in [1.29, 1.82) is 0 Å². The summed E-state index contributed by atoms with van der Waals surface area (Å²) in [6, 6.07) is 6.84. The molecule has 1 amide bonds. The van der Waals surface area contributed by atoms with Crippen LogP contribution in [0.1, 0.15) is 29.6 Å². The molecule has 0 aliphatic heterocycles. The van der Waals surface area contributed by atoms with Crippen molar-refractivity contribution in [3.63, 3.8) is 0 Å². The molecule has 0 spiro atoms. The molecule has 0 saturated heterocycles. The smallest absolute Gasteiger partial charge is 0.306 e. The molecule has 1 aliphatic rings. The van der Waals surface area contributed by atoms with Crippen molar-refractivity contribution in [2.75, 3.05) is 0 Å². The lowest BCUT2D eigenvalue weighted by atomic mass is 10.1. The number of fused-ring (bicyclic) bond motifs is 3. The number of benzene rings is 1. The van der Waals surface area contributed by atoms with Crippen molar-refractivity contribution in [1.82, 2.24) is 19.9 Å². The molecule has 0 bridgehead atoms. The van der Waals surface area contributed by atoms with Crippen molar-refractivity contribution < 1.29 is 14.7 Å². The molecule has 3 aromatic rings. The number of nitrogens with one attached hydrogen (secondary N) is 2. The molecular weight excluding hydrogens is 324 g/mol. The van der Waals surface area contributed by atoms with Gasteiger partial charge in [-0.15, -0.1) is 0 Å². The van der Waals surface area contributed by atoms with Crippen molar-refractivity contribution in [2.24, 2.45) is 5.92 Å². The summed E-state index contributed by atoms with van der Waals surface area (Å²) < 4.78 is 1.53. The minimum atomic E-state index is -0.830. The number of amides is 1. The van der Waals surface area contributed by atoms with Crippen LogP contribution in [0.2, 0.25) is 0 Å². The van der Waals surface area contributed by atoms with E-state index in [0.29, 0.717) is 35.8 Å². The van der Waals surface area contributed by atoms with E-state index in [1.54, 1.807) is 24.3 Å². The number of rotatable bonds is 3. The van der Waals surface area contributed by atoms with Gasteiger partial charge >= 0.3 is 5.97 Å². The molecule has 25 heavy (non-hydrogen) atoms. The maximum atomic E-state index is 12.6. The standard InChI is InChI=1S/C17H16N4O4/c22-15-11-3-1-2-4-13(11)21-14(20-15)12(8-18-21)16(23)19-10-6-5-9(7-10)17(24)25/h1-4,8-10H,5-7H2,(H,19,23)(H,20,22)(H,24,25)/t9-,10+/m0/s1. The molecule has 2 aromatic heterocycles. The number of carbonyl (C=O) groups excluding carboxylic acids is 1. The summed E-state index contributed by atoms with van der Waals surface area (Å²) in [6.45, 7) is 0. The molecular formula is C17H16N4O4. The second-order valence-electron chi connectivity index (χ2n) is 6.31. The topological polar surface area (TPSA) is 117 Å². The minimum absolute atomic E-state index is 0.185. The van der Waals surface area contributed by atoms with Gasteiger partial charge in [-0.3, -0.25) is 14.4 Å². The Labute approximate surface area is 141 Å². The number of carboxylic acid groups (broad SMARTS) is 1. The van der Waals surface area contributed by atoms with Gasteiger partial charge in [0.25, 0.3) is 11.5 Å². The second-order valence-corrected chi connectivity index (χ2v) is 6.31. The van der Waals surface area contributed by atoms with E-state index in [1.807, 2.05) is 0 Å². The number of hydrogen-bond donors (Lipinski definition) is 3. The van der Waals surface area contributed by atoms with Gasteiger partial charge in [0.1, 0.15) is 11.2 Å². The summed E-state index contributed by atoms with van der Waals surface area (Å²) in [5.41, 5.74) is 0.923. The van der Waals surface area contributed by atoms with E-state index in [1.165, 1.54) is 10.7 Å². The molecule has 8 nitrogen and oxygen atoms in total. The average Bonchev–Trinajstić information content (AvgIpc) is 3.22. The van der Waals surface area contributed by atoms with Crippen LogP contribution in [0.25, 0.3) is 16.6 Å². The Morgan fingerprint density at radius 3 is 2.84 bits per heavy atom. The number of carboxylic acids is 1. The van der Waals surface area contributed by atoms with Crippen molar-refractivity contribution in [3.8, 4) is 0 Å². The third-order valence-corrected chi connectivity index (χ3v) is 4.74. The number of nitrogens with zero attached hydrogens (tertiary/aromatic N) is 2. The Hall–Kier alpha value is -3.16. The van der Waals surface area contributed by atoms with Crippen LogP contribution < -0.4 is 10.9 Å². The highest BCUT2D eigenvalue weighted by Crippen LogP contribution is 2.26. The molecule has 1 aromatic carbocycles. The molecule has 2 atom stereocenters. The Bertz CT molecular complexity index is 1050. The first-order chi connectivity index (χ1) is 12.0. The van der Waals surface area contributed by atoms with Gasteiger partial charge in [0.2, 0.25) is 0 Å². The summed E-state index contributed by atoms with van der Waals surface area (Å²) in [5, 5.41) is 16.6. The largest absolute Gasteiger partial charge is 0.481 e. The highest BCUT2D eigenvalue weighted by molar-refractivity contribution is 6.00. The zero-order valence-corrected chi connectivity index (χ0v) is 13.2. The van der Waals surface area contributed by atoms with E-state index < -0.39 is 11.9 Å². The number of H-pyrrole nitrogens is 1. The lowest BCUT2D eigenvalue weighted by Gasteiger charge is -2.11. The Kier molecular flexibility index (Phi) is 3.52. The van der Waals surface area contributed by atoms with E-state index in [0.717, 1.165) is 0 Å². The molecule has 0 unspecified atom stereocenters. The normalized spacial score (nSPS) is 20.2. The lowest BCUT2D eigenvalue weighted by molar-refractivity contribution is -0.141. The number of hydrogen-bond acceptors (Lipinski definition) is 4. The summed E-state index contributed by atoms with van der Waals surface area (Å²) >= 11 is 0. The highest BCUT2D eigenvalue weighted by atomic mass is 16.4. The lowest BCUT2D eigenvalue weighted by Crippen LogP contribution is -2.33. The Morgan fingerprint density at radius 1 is 1.28 bits per heavy atom. The molecule has 8 heteroatoms. The molecule has 128 valence electrons. The van der Waals surface area contributed by atoms with Crippen LogP contribution in [0, 0.1) is 5.92 Å². The van der Waals surface area contributed by atoms with Gasteiger partial charge in [0, 0.05) is 6.04 Å². The fourth-order valence-corrected chi connectivity index (χ4v) is 3.44. The van der Waals surface area contributed by atoms with Gasteiger partial charge in [0.05, 0.1) is 23.0 Å². The molecule has 1 fully saturated rings. The maximum absolute atomic E-state index is 12.6. The van der Waals surface area contributed by atoms with E-state index in [-0.39, 0.29) is 23.1 Å². The first-order valence-corrected chi connectivity index (χ1v) is 8.07. The maximum Gasteiger partial charge on any atom is 0.306 e. The Balaban J connectivity index is 1.67. The van der Waals surface area contributed by atoms with Crippen LogP contribution in [0.15, 0.2) is 35.3 Å². The molecule has 2 heterocycles. The third kappa shape index (κ3) is 2.55. The predicted octanol–water partition coefficient (Wildman–Crippen LogP) is 1.16. The molecule has 1 saturated carbocycles. The number of carbonyl (C=O) groups is 2. The molecule has 3 N–H and O–H groups in total. The molecule has 1 aliphatic carbocycles. The summed E-state index contributed by atoms with van der Waals surface area (Å²) in [4.78, 5) is 38.5. The summed E-state index contributed by atoms with van der Waals surface area (Å²) in [5.74, 6) is -1.61. The zero-order valence-electron chi connectivity index (χ0n) is 13.2. The van der Waals surface area contributed by atoms with Gasteiger partial charge in [0.15, 0.2) is 0 Å². The van der Waals surface area contributed by atoms with E-state index in [2.05, 4.69) is 15.4 Å². The van der Waals surface area contributed by atoms with E-state index in [9.17, 15) is 14.4 Å².